The molecule has 0 saturated heterocycles. The maximum atomic E-state index is 12.3. The van der Waals surface area contributed by atoms with E-state index in [0.717, 1.165) is 27.1 Å². The molecule has 0 radical (unpaired) electrons. The summed E-state index contributed by atoms with van der Waals surface area (Å²) in [6.07, 6.45) is -0.160. The Morgan fingerprint density at radius 1 is 1.20 bits per heavy atom. The highest BCUT2D eigenvalue weighted by Gasteiger charge is 2.28. The molecular weight excluding hydrogens is 388 g/mol. The lowest BCUT2D eigenvalue weighted by Crippen LogP contribution is -2.34. The maximum absolute atomic E-state index is 12.3. The molecule has 2 aromatic carbocycles. The van der Waals surface area contributed by atoms with Gasteiger partial charge in [0.2, 0.25) is 12.9 Å². The SMILES string of the molecule is O=C(NCc1ccc2c(c1)OCO2)[C@@H]1CC(c2cccc(Br)c2)=NO1. The number of carbonyl (C=O) groups excluding carboxylic acids is 1. The van der Waals surface area contributed by atoms with Crippen LogP contribution < -0.4 is 14.8 Å². The van der Waals surface area contributed by atoms with E-state index >= 15 is 0 Å². The number of nitrogens with zero attached hydrogens (tertiary/aromatic N) is 1. The highest BCUT2D eigenvalue weighted by atomic mass is 79.9. The van der Waals surface area contributed by atoms with Gasteiger partial charge in [-0.1, -0.05) is 39.3 Å². The van der Waals surface area contributed by atoms with Gasteiger partial charge >= 0.3 is 0 Å². The Balaban J connectivity index is 1.34. The van der Waals surface area contributed by atoms with E-state index in [1.54, 1.807) is 0 Å². The largest absolute Gasteiger partial charge is 0.454 e. The summed E-state index contributed by atoms with van der Waals surface area (Å²) in [6.45, 7) is 0.623. The van der Waals surface area contributed by atoms with Crippen LogP contribution in [0.1, 0.15) is 17.5 Å². The van der Waals surface area contributed by atoms with Gasteiger partial charge in [0.05, 0.1) is 5.71 Å². The van der Waals surface area contributed by atoms with Gasteiger partial charge in [0.15, 0.2) is 11.5 Å². The number of hydrogen-bond donors (Lipinski definition) is 1. The van der Waals surface area contributed by atoms with E-state index in [9.17, 15) is 4.79 Å². The number of nitrogens with one attached hydrogen (secondary N) is 1. The zero-order chi connectivity index (χ0) is 17.2. The van der Waals surface area contributed by atoms with Crippen LogP contribution >= 0.6 is 15.9 Å². The minimum absolute atomic E-state index is 0.189. The van der Waals surface area contributed by atoms with Gasteiger partial charge in [-0.3, -0.25) is 4.79 Å². The third-order valence-corrected chi connectivity index (χ3v) is 4.52. The molecule has 7 heteroatoms. The van der Waals surface area contributed by atoms with Crippen molar-refractivity contribution in [1.29, 1.82) is 0 Å². The van der Waals surface area contributed by atoms with E-state index in [1.807, 2.05) is 42.5 Å². The Hall–Kier alpha value is -2.54. The minimum Gasteiger partial charge on any atom is -0.454 e. The van der Waals surface area contributed by atoms with Crippen molar-refractivity contribution in [3.05, 3.63) is 58.1 Å². The number of benzene rings is 2. The van der Waals surface area contributed by atoms with Gasteiger partial charge < -0.3 is 19.6 Å². The lowest BCUT2D eigenvalue weighted by Gasteiger charge is -2.10. The first-order valence-electron chi connectivity index (χ1n) is 7.84. The van der Waals surface area contributed by atoms with Gasteiger partial charge in [0.25, 0.3) is 5.91 Å². The molecule has 0 saturated carbocycles. The monoisotopic (exact) mass is 402 g/mol. The second-order valence-electron chi connectivity index (χ2n) is 5.75. The summed E-state index contributed by atoms with van der Waals surface area (Å²) >= 11 is 3.43. The highest BCUT2D eigenvalue weighted by molar-refractivity contribution is 9.10. The van der Waals surface area contributed by atoms with Crippen molar-refractivity contribution in [2.45, 2.75) is 19.1 Å². The zero-order valence-corrected chi connectivity index (χ0v) is 14.8. The van der Waals surface area contributed by atoms with Gasteiger partial charge in [-0.15, -0.1) is 0 Å². The van der Waals surface area contributed by atoms with Crippen molar-refractivity contribution in [2.24, 2.45) is 5.16 Å². The minimum atomic E-state index is -0.608. The average molecular weight is 403 g/mol. The van der Waals surface area contributed by atoms with Crippen molar-refractivity contribution in [2.75, 3.05) is 6.79 Å². The van der Waals surface area contributed by atoms with Crippen LogP contribution in [0.15, 0.2) is 52.1 Å². The van der Waals surface area contributed by atoms with Gasteiger partial charge in [0, 0.05) is 23.0 Å². The van der Waals surface area contributed by atoms with Crippen LogP contribution in [-0.4, -0.2) is 24.5 Å². The Morgan fingerprint density at radius 2 is 2.08 bits per heavy atom. The smallest absolute Gasteiger partial charge is 0.264 e. The number of amides is 1. The number of oxime groups is 1. The van der Waals surface area contributed by atoms with Crippen LogP contribution in [0.3, 0.4) is 0 Å². The molecule has 128 valence electrons. The fourth-order valence-corrected chi connectivity index (χ4v) is 3.11. The Bertz CT molecular complexity index is 853. The van der Waals surface area contributed by atoms with E-state index in [4.69, 9.17) is 14.3 Å². The molecule has 1 N–H and O–H groups in total. The Labute approximate surface area is 152 Å². The summed E-state index contributed by atoms with van der Waals surface area (Å²) in [7, 11) is 0. The third kappa shape index (κ3) is 3.46. The first-order chi connectivity index (χ1) is 12.2. The van der Waals surface area contributed by atoms with Crippen molar-refractivity contribution >= 4 is 27.5 Å². The lowest BCUT2D eigenvalue weighted by atomic mass is 10.0. The normalized spacial score (nSPS) is 17.8. The summed E-state index contributed by atoms with van der Waals surface area (Å²) < 4.78 is 11.6. The Kier molecular flexibility index (Phi) is 4.31. The molecule has 2 aliphatic heterocycles. The van der Waals surface area contributed by atoms with Gasteiger partial charge in [0.1, 0.15) is 0 Å². The second kappa shape index (κ2) is 6.76. The molecule has 0 fully saturated rings. The van der Waals surface area contributed by atoms with Gasteiger partial charge in [-0.2, -0.15) is 0 Å². The summed E-state index contributed by atoms with van der Waals surface area (Å²) in [5, 5.41) is 6.92. The predicted molar refractivity (Wildman–Crippen MR) is 94.6 cm³/mol. The van der Waals surface area contributed by atoms with E-state index in [0.29, 0.717) is 18.7 Å². The molecule has 25 heavy (non-hydrogen) atoms. The number of hydrogen-bond acceptors (Lipinski definition) is 5. The number of rotatable bonds is 4. The van der Waals surface area contributed by atoms with E-state index in [1.165, 1.54) is 0 Å². The standard InChI is InChI=1S/C18H15BrN2O4/c19-13-3-1-2-12(7-13)14-8-17(25-21-14)18(22)20-9-11-4-5-15-16(6-11)24-10-23-15/h1-7,17H,8-10H2,(H,20,22)/t17-/m0/s1. The molecule has 2 heterocycles. The van der Waals surface area contributed by atoms with Gasteiger partial charge in [-0.25, -0.2) is 0 Å². The van der Waals surface area contributed by atoms with Crippen molar-refractivity contribution in [3.63, 3.8) is 0 Å². The summed E-state index contributed by atoms with van der Waals surface area (Å²) in [5.74, 6) is 1.23. The molecule has 0 unspecified atom stereocenters. The summed E-state index contributed by atoms with van der Waals surface area (Å²) in [4.78, 5) is 17.6. The van der Waals surface area contributed by atoms with Crippen LogP contribution in [0.2, 0.25) is 0 Å². The van der Waals surface area contributed by atoms with Crippen molar-refractivity contribution < 1.29 is 19.1 Å². The topological polar surface area (TPSA) is 69.2 Å². The summed E-state index contributed by atoms with van der Waals surface area (Å²) in [5.41, 5.74) is 2.65. The van der Waals surface area contributed by atoms with Crippen LogP contribution in [-0.2, 0) is 16.2 Å². The molecular formula is C18H15BrN2O4. The maximum Gasteiger partial charge on any atom is 0.264 e. The van der Waals surface area contributed by atoms with Crippen molar-refractivity contribution in [3.8, 4) is 11.5 Å². The van der Waals surface area contributed by atoms with E-state index in [-0.39, 0.29) is 12.7 Å². The van der Waals surface area contributed by atoms with Crippen LogP contribution in [0.4, 0.5) is 0 Å². The molecule has 2 aliphatic rings. The molecule has 2 aromatic rings. The molecule has 0 spiro atoms. The van der Waals surface area contributed by atoms with Crippen LogP contribution in [0, 0.1) is 0 Å². The third-order valence-electron chi connectivity index (χ3n) is 4.02. The number of ether oxygens (including phenoxy) is 2. The molecule has 6 nitrogen and oxygen atoms in total. The fraction of sp³-hybridized carbons (Fsp3) is 0.222. The molecule has 0 aromatic heterocycles. The first-order valence-corrected chi connectivity index (χ1v) is 8.63. The quantitative estimate of drug-likeness (QED) is 0.853. The molecule has 0 bridgehead atoms. The Morgan fingerprint density at radius 3 is 2.96 bits per heavy atom. The van der Waals surface area contributed by atoms with E-state index < -0.39 is 6.10 Å². The fourth-order valence-electron chi connectivity index (χ4n) is 2.71. The molecule has 0 aliphatic carbocycles. The molecule has 1 amide bonds. The zero-order valence-electron chi connectivity index (χ0n) is 13.2. The number of carbonyl (C=O) groups is 1. The molecule has 1 atom stereocenters. The lowest BCUT2D eigenvalue weighted by molar-refractivity contribution is -0.131. The van der Waals surface area contributed by atoms with Crippen molar-refractivity contribution in [1.82, 2.24) is 5.32 Å². The molecule has 4 rings (SSSR count). The first kappa shape index (κ1) is 16.0. The van der Waals surface area contributed by atoms with Crippen LogP contribution in [0.25, 0.3) is 0 Å². The second-order valence-corrected chi connectivity index (χ2v) is 6.67. The average Bonchev–Trinajstić information content (AvgIpc) is 3.28. The predicted octanol–water partition coefficient (Wildman–Crippen LogP) is 2.99. The number of halogens is 1. The van der Waals surface area contributed by atoms with E-state index in [2.05, 4.69) is 26.4 Å². The number of fused-ring (bicyclic) bond motifs is 1. The highest BCUT2D eigenvalue weighted by Crippen LogP contribution is 2.32. The van der Waals surface area contributed by atoms with Gasteiger partial charge in [-0.05, 0) is 29.8 Å². The van der Waals surface area contributed by atoms with Crippen LogP contribution in [0.5, 0.6) is 11.5 Å². The summed E-state index contributed by atoms with van der Waals surface area (Å²) in [6, 6.07) is 13.4.